The van der Waals surface area contributed by atoms with Crippen LogP contribution >= 0.6 is 0 Å². The number of hydrogen-bond donors (Lipinski definition) is 1. The van der Waals surface area contributed by atoms with E-state index in [0.29, 0.717) is 89.0 Å². The van der Waals surface area contributed by atoms with Gasteiger partial charge in [-0.05, 0) is 108 Å². The Morgan fingerprint density at radius 3 is 0.767 bits per heavy atom. The van der Waals surface area contributed by atoms with Crippen molar-refractivity contribution in [3.63, 3.8) is 0 Å². The van der Waals surface area contributed by atoms with Gasteiger partial charge in [0.1, 0.15) is 0 Å². The number of esters is 2. The Balaban J connectivity index is 5.03. The predicted octanol–water partition coefficient (Wildman–Crippen LogP) is 22.2. The van der Waals surface area contributed by atoms with E-state index in [0.717, 1.165) is 110 Å². The molecule has 0 saturated heterocycles. The molecule has 0 unspecified atom stereocenters. The Morgan fingerprint density at radius 1 is 0.279 bits per heavy atom. The maximum atomic E-state index is 13.1. The Labute approximate surface area is 536 Å². The molecular weight excluding hydrogens is 1070 g/mol. The molecule has 10 nitrogen and oxygen atoms in total. The second kappa shape index (κ2) is 68.1. The maximum absolute atomic E-state index is 13.1. The summed E-state index contributed by atoms with van der Waals surface area (Å²) in [6.07, 6.45) is 56.7. The number of nitrogens with zero attached hydrogens (tertiary/aromatic N) is 1. The highest BCUT2D eigenvalue weighted by Gasteiger charge is 2.20. The quantitative estimate of drug-likeness (QED) is 0.0359. The van der Waals surface area contributed by atoms with E-state index in [-0.39, 0.29) is 31.1 Å². The van der Waals surface area contributed by atoms with E-state index in [9.17, 15) is 14.7 Å². The Hall–Kier alpha value is -1.30. The van der Waals surface area contributed by atoms with Crippen molar-refractivity contribution in [1.82, 2.24) is 4.90 Å². The molecule has 0 atom stereocenters. The summed E-state index contributed by atoms with van der Waals surface area (Å²) in [5, 5.41) is 9.51. The first-order chi connectivity index (χ1) is 42.2. The van der Waals surface area contributed by atoms with Gasteiger partial charge >= 0.3 is 11.9 Å². The number of unbranched alkanes of at least 4 members (excludes halogenated alkanes) is 23. The van der Waals surface area contributed by atoms with Crippen LogP contribution in [0.4, 0.5) is 0 Å². The van der Waals surface area contributed by atoms with Crippen molar-refractivity contribution in [3.05, 3.63) is 0 Å². The van der Waals surface area contributed by atoms with Gasteiger partial charge in [-0.3, -0.25) is 9.59 Å². The fraction of sp³-hybridized carbons (Fsp3) is 0.974. The summed E-state index contributed by atoms with van der Waals surface area (Å²) < 4.78 is 37.5. The normalized spacial score (nSPS) is 12.1. The fourth-order valence-corrected chi connectivity index (χ4v) is 12.4. The third kappa shape index (κ3) is 57.8. The molecule has 0 aliphatic rings. The zero-order valence-electron chi connectivity index (χ0n) is 59.1. The third-order valence-electron chi connectivity index (χ3n) is 18.4. The minimum atomic E-state index is -0.358. The van der Waals surface area contributed by atoms with Crippen molar-refractivity contribution in [2.45, 2.75) is 389 Å². The smallest absolute Gasteiger partial charge is 0.305 e. The van der Waals surface area contributed by atoms with Crippen molar-refractivity contribution in [1.29, 1.82) is 0 Å². The molecular formula is C76H151NO9. The molecule has 0 radical (unpaired) electrons. The Morgan fingerprint density at radius 2 is 0.523 bits per heavy atom. The van der Waals surface area contributed by atoms with Crippen LogP contribution in [0.5, 0.6) is 0 Å². The van der Waals surface area contributed by atoms with Gasteiger partial charge in [0, 0.05) is 45.9 Å². The van der Waals surface area contributed by atoms with Crippen LogP contribution in [0, 0.1) is 23.7 Å². The molecule has 0 amide bonds. The van der Waals surface area contributed by atoms with Crippen LogP contribution in [0.15, 0.2) is 0 Å². The minimum absolute atomic E-state index is 0.140. The molecule has 0 fully saturated rings. The average Bonchev–Trinajstić information content (AvgIpc) is 3.53. The first kappa shape index (κ1) is 84.7. The Kier molecular flexibility index (Phi) is 67.0. The second-order valence-corrected chi connectivity index (χ2v) is 26.5. The molecule has 10 heteroatoms. The zero-order chi connectivity index (χ0) is 62.9. The molecule has 514 valence electrons. The topological polar surface area (TPSA) is 113 Å². The average molecular weight is 1220 g/mol. The number of aliphatic hydroxyl groups excluding tert-OH is 1. The van der Waals surface area contributed by atoms with Crippen molar-refractivity contribution in [2.75, 3.05) is 65.9 Å². The maximum Gasteiger partial charge on any atom is 0.305 e. The molecule has 0 aromatic rings. The number of aliphatic hydroxyl groups is 1. The van der Waals surface area contributed by atoms with Gasteiger partial charge in [-0.1, -0.05) is 287 Å². The lowest BCUT2D eigenvalue weighted by Gasteiger charge is -2.23. The van der Waals surface area contributed by atoms with Crippen LogP contribution in [0.2, 0.25) is 0 Å². The van der Waals surface area contributed by atoms with Crippen molar-refractivity contribution < 1.29 is 43.1 Å². The lowest BCUT2D eigenvalue weighted by Crippen LogP contribution is -2.27. The summed E-state index contributed by atoms with van der Waals surface area (Å²) in [7, 11) is 0. The number of hydrogen-bond acceptors (Lipinski definition) is 10. The van der Waals surface area contributed by atoms with Gasteiger partial charge in [-0.25, -0.2) is 0 Å². The van der Waals surface area contributed by atoms with Crippen molar-refractivity contribution in [2.24, 2.45) is 23.7 Å². The number of carbonyl (C=O) groups is 2. The van der Waals surface area contributed by atoms with Gasteiger partial charge in [0.05, 0.1) is 26.1 Å². The van der Waals surface area contributed by atoms with Gasteiger partial charge < -0.3 is 38.4 Å². The van der Waals surface area contributed by atoms with Gasteiger partial charge in [0.25, 0.3) is 0 Å². The molecule has 86 heavy (non-hydrogen) atoms. The zero-order valence-corrected chi connectivity index (χ0v) is 59.1. The highest BCUT2D eigenvalue weighted by molar-refractivity contribution is 5.69. The van der Waals surface area contributed by atoms with Gasteiger partial charge in [0.2, 0.25) is 0 Å². The van der Waals surface area contributed by atoms with Crippen LogP contribution in [-0.2, 0) is 38.0 Å². The first-order valence-corrected chi connectivity index (χ1v) is 38.3. The fourth-order valence-electron chi connectivity index (χ4n) is 12.4. The van der Waals surface area contributed by atoms with Gasteiger partial charge in [-0.15, -0.1) is 0 Å². The Bertz CT molecular complexity index is 1160. The lowest BCUT2D eigenvalue weighted by molar-refractivity contribution is -0.161. The molecule has 0 aromatic heterocycles. The molecule has 0 aliphatic carbocycles. The number of ether oxygens (including phenoxy) is 6. The molecule has 0 aromatic carbocycles. The van der Waals surface area contributed by atoms with E-state index >= 15 is 0 Å². The third-order valence-corrected chi connectivity index (χ3v) is 18.4. The summed E-state index contributed by atoms with van der Waals surface area (Å²) in [6, 6.07) is 0. The first-order valence-electron chi connectivity index (χ1n) is 38.3. The van der Waals surface area contributed by atoms with Crippen LogP contribution in [0.1, 0.15) is 376 Å². The van der Waals surface area contributed by atoms with E-state index < -0.39 is 0 Å². The molecule has 1 N–H and O–H groups in total. The largest absolute Gasteiger partial charge is 0.466 e. The number of rotatable bonds is 72. The van der Waals surface area contributed by atoms with E-state index in [4.69, 9.17) is 28.4 Å². The van der Waals surface area contributed by atoms with Gasteiger partial charge in [-0.2, -0.15) is 0 Å². The summed E-state index contributed by atoms with van der Waals surface area (Å²) in [5.74, 6) is 2.53. The number of carbonyl (C=O) groups excluding carboxylic acids is 2. The highest BCUT2D eigenvalue weighted by Crippen LogP contribution is 2.27. The van der Waals surface area contributed by atoms with Crippen LogP contribution in [-0.4, -0.2) is 100 Å². The SMILES string of the molecule is CCCCCC(CCCCC)CCOC(CCC(=O)OCCCCCCN(CCCCO)CCCCCCOC(=O)CCC(OCCC(CCCCC)CCCCC)OCCC(CCCCC)CCCCC)OCCC(CCCCC)CCCCC. The van der Waals surface area contributed by atoms with Crippen LogP contribution in [0.3, 0.4) is 0 Å². The summed E-state index contributed by atoms with van der Waals surface area (Å²) in [4.78, 5) is 28.7. The van der Waals surface area contributed by atoms with Crippen molar-refractivity contribution >= 4 is 11.9 Å². The minimum Gasteiger partial charge on any atom is -0.466 e. The van der Waals surface area contributed by atoms with Crippen molar-refractivity contribution in [3.8, 4) is 0 Å². The standard InChI is InChI=1S/C76H151NO9/c1-9-17-29-43-69(44-30-18-10-2)55-65-83-75(84-66-56-70(45-31-19-11-3)46-32-20-12-4)53-51-73(79)81-63-41-27-25-37-59-77(61-39-40-62-78)60-38-26-28-42-64-82-74(80)52-54-76(85-67-57-71(47-33-21-13-5)48-34-22-14-6)86-68-58-72(49-35-23-15-7)50-36-24-16-8/h69-72,75-76,78H,9-68H2,1-8H3. The van der Waals surface area contributed by atoms with E-state index in [1.54, 1.807) is 0 Å². The summed E-state index contributed by atoms with van der Waals surface area (Å²) in [5.41, 5.74) is 0. The van der Waals surface area contributed by atoms with E-state index in [1.807, 2.05) is 0 Å². The van der Waals surface area contributed by atoms with E-state index in [2.05, 4.69) is 60.3 Å². The van der Waals surface area contributed by atoms with Gasteiger partial charge in [0.15, 0.2) is 12.6 Å². The van der Waals surface area contributed by atoms with E-state index in [1.165, 1.54) is 205 Å². The molecule has 0 bridgehead atoms. The molecule has 0 saturated carbocycles. The molecule has 0 spiro atoms. The monoisotopic (exact) mass is 1220 g/mol. The molecule has 0 heterocycles. The predicted molar refractivity (Wildman–Crippen MR) is 367 cm³/mol. The lowest BCUT2D eigenvalue weighted by atomic mass is 9.92. The molecule has 0 rings (SSSR count). The van der Waals surface area contributed by atoms with Crippen LogP contribution in [0.25, 0.3) is 0 Å². The summed E-state index contributed by atoms with van der Waals surface area (Å²) in [6.45, 7) is 25.4. The summed E-state index contributed by atoms with van der Waals surface area (Å²) >= 11 is 0. The second-order valence-electron chi connectivity index (χ2n) is 26.5. The molecule has 0 aliphatic heterocycles. The highest BCUT2D eigenvalue weighted by atomic mass is 16.7. The van der Waals surface area contributed by atoms with Crippen LogP contribution < -0.4 is 0 Å².